The van der Waals surface area contributed by atoms with Crippen molar-refractivity contribution >= 4 is 43.0 Å². The summed E-state index contributed by atoms with van der Waals surface area (Å²) in [6.07, 6.45) is 0. The van der Waals surface area contributed by atoms with Gasteiger partial charge < -0.3 is 14.8 Å². The van der Waals surface area contributed by atoms with Gasteiger partial charge in [0, 0.05) is 5.69 Å². The van der Waals surface area contributed by atoms with Crippen molar-refractivity contribution < 1.29 is 31.1 Å². The predicted molar refractivity (Wildman–Crippen MR) is 162 cm³/mol. The lowest BCUT2D eigenvalue weighted by molar-refractivity contribution is -0.114. The van der Waals surface area contributed by atoms with Crippen LogP contribution in [0.25, 0.3) is 0 Å². The Hall–Kier alpha value is -4.55. The largest absolute Gasteiger partial charge is 0.497 e. The molecule has 0 aliphatic rings. The zero-order valence-electron chi connectivity index (χ0n) is 23.5. The van der Waals surface area contributed by atoms with Crippen LogP contribution in [-0.4, -0.2) is 43.5 Å². The lowest BCUT2D eigenvalue weighted by Crippen LogP contribution is -2.38. The minimum Gasteiger partial charge on any atom is -0.497 e. The number of amides is 1. The van der Waals surface area contributed by atoms with E-state index < -0.39 is 32.5 Å². The summed E-state index contributed by atoms with van der Waals surface area (Å²) in [5, 5.41) is 2.65. The van der Waals surface area contributed by atoms with E-state index >= 15 is 0 Å². The molecule has 0 fully saturated rings. The van der Waals surface area contributed by atoms with Crippen LogP contribution in [0.15, 0.2) is 101 Å². The molecule has 2 N–H and O–H groups in total. The van der Waals surface area contributed by atoms with Gasteiger partial charge >= 0.3 is 0 Å². The summed E-state index contributed by atoms with van der Waals surface area (Å²) in [6, 6.07) is 23.3. The van der Waals surface area contributed by atoms with Crippen LogP contribution in [-0.2, 0) is 24.8 Å². The Kier molecular flexibility index (Phi) is 9.08. The lowest BCUT2D eigenvalue weighted by Gasteiger charge is -2.24. The second-order valence-corrected chi connectivity index (χ2v) is 12.9. The van der Waals surface area contributed by atoms with Crippen LogP contribution in [0.2, 0.25) is 0 Å². The number of methoxy groups -OCH3 is 2. The fourth-order valence-electron chi connectivity index (χ4n) is 4.05. The quantitative estimate of drug-likeness (QED) is 0.246. The highest BCUT2D eigenvalue weighted by atomic mass is 32.2. The summed E-state index contributed by atoms with van der Waals surface area (Å²) in [6.45, 7) is 3.18. The maximum atomic E-state index is 13.6. The summed E-state index contributed by atoms with van der Waals surface area (Å²) < 4.78 is 67.1. The van der Waals surface area contributed by atoms with Crippen LogP contribution in [0.5, 0.6) is 11.5 Å². The molecule has 4 aromatic carbocycles. The van der Waals surface area contributed by atoms with Crippen LogP contribution < -0.4 is 23.8 Å². The molecular weight excluding hydrogens is 578 g/mol. The Morgan fingerprint density at radius 3 is 1.93 bits per heavy atom. The normalized spacial score (nSPS) is 11.4. The third-order valence-electron chi connectivity index (χ3n) is 6.30. The second kappa shape index (κ2) is 12.5. The van der Waals surface area contributed by atoms with Crippen molar-refractivity contribution in [1.82, 2.24) is 0 Å². The number of nitrogens with one attached hydrogen (secondary N) is 2. The van der Waals surface area contributed by atoms with Gasteiger partial charge in [-0.25, -0.2) is 16.8 Å². The fourth-order valence-corrected chi connectivity index (χ4v) is 6.54. The number of ether oxygens (including phenoxy) is 2. The monoisotopic (exact) mass is 609 g/mol. The van der Waals surface area contributed by atoms with Gasteiger partial charge in [-0.05, 0) is 92.2 Å². The van der Waals surface area contributed by atoms with Gasteiger partial charge in [0.2, 0.25) is 5.91 Å². The summed E-state index contributed by atoms with van der Waals surface area (Å²) in [7, 11) is -5.16. The smallest absolute Gasteiger partial charge is 0.264 e. The standard InChI is InChI=1S/C30H31N3O7S2/c1-21-5-10-24(11-6-21)33(42(37,38)27-16-12-25(39-3)13-17-27)20-30(34)31-23-8-14-26(15-9-23)41(35,36)32-28-19-22(2)7-18-29(28)40-4/h5-19,32H,20H2,1-4H3,(H,31,34). The van der Waals surface area contributed by atoms with E-state index in [0.717, 1.165) is 15.4 Å². The van der Waals surface area contributed by atoms with E-state index in [2.05, 4.69) is 10.0 Å². The van der Waals surface area contributed by atoms with Crippen molar-refractivity contribution in [3.05, 3.63) is 102 Å². The third-order valence-corrected chi connectivity index (χ3v) is 9.47. The van der Waals surface area contributed by atoms with E-state index in [4.69, 9.17) is 9.47 Å². The molecule has 0 aliphatic heterocycles. The first-order valence-corrected chi connectivity index (χ1v) is 15.7. The van der Waals surface area contributed by atoms with Crippen LogP contribution >= 0.6 is 0 Å². The molecule has 1 amide bonds. The van der Waals surface area contributed by atoms with Crippen LogP contribution in [0.1, 0.15) is 11.1 Å². The number of benzene rings is 4. The average molecular weight is 610 g/mol. The van der Waals surface area contributed by atoms with E-state index in [0.29, 0.717) is 22.9 Å². The third kappa shape index (κ3) is 7.01. The Labute approximate surface area is 246 Å². The number of aryl methyl sites for hydroxylation is 2. The van der Waals surface area contributed by atoms with Crippen LogP contribution in [0.3, 0.4) is 0 Å². The molecule has 0 heterocycles. The summed E-state index contributed by atoms with van der Waals surface area (Å²) in [5.74, 6) is 0.244. The van der Waals surface area contributed by atoms with Gasteiger partial charge in [-0.1, -0.05) is 23.8 Å². The number of sulfonamides is 2. The van der Waals surface area contributed by atoms with Crippen molar-refractivity contribution in [2.75, 3.05) is 35.1 Å². The maximum Gasteiger partial charge on any atom is 0.264 e. The van der Waals surface area contributed by atoms with E-state index in [1.165, 1.54) is 62.8 Å². The molecule has 0 saturated carbocycles. The van der Waals surface area contributed by atoms with E-state index in [1.54, 1.807) is 42.5 Å². The highest BCUT2D eigenvalue weighted by molar-refractivity contribution is 7.93. The molecule has 0 spiro atoms. The number of hydrogen-bond acceptors (Lipinski definition) is 7. The first-order chi connectivity index (χ1) is 19.9. The maximum absolute atomic E-state index is 13.6. The highest BCUT2D eigenvalue weighted by Gasteiger charge is 2.27. The number of rotatable bonds is 11. The van der Waals surface area contributed by atoms with Crippen molar-refractivity contribution in [2.24, 2.45) is 0 Å². The second-order valence-electron chi connectivity index (χ2n) is 9.40. The lowest BCUT2D eigenvalue weighted by atomic mass is 10.2. The minimum atomic E-state index is -4.12. The van der Waals surface area contributed by atoms with Crippen LogP contribution in [0.4, 0.5) is 17.1 Å². The fraction of sp³-hybridized carbons (Fsp3) is 0.167. The van der Waals surface area contributed by atoms with Crippen molar-refractivity contribution in [3.63, 3.8) is 0 Å². The molecule has 42 heavy (non-hydrogen) atoms. The zero-order valence-corrected chi connectivity index (χ0v) is 25.1. The number of carbonyl (C=O) groups is 1. The Morgan fingerprint density at radius 1 is 0.738 bits per heavy atom. The van der Waals surface area contributed by atoms with Crippen molar-refractivity contribution in [1.29, 1.82) is 0 Å². The van der Waals surface area contributed by atoms with E-state index in [-0.39, 0.29) is 15.5 Å². The van der Waals surface area contributed by atoms with Gasteiger partial charge in [-0.2, -0.15) is 0 Å². The van der Waals surface area contributed by atoms with Gasteiger partial charge in [0.15, 0.2) is 0 Å². The van der Waals surface area contributed by atoms with Gasteiger partial charge in [-0.15, -0.1) is 0 Å². The molecule has 0 unspecified atom stereocenters. The molecule has 0 bridgehead atoms. The predicted octanol–water partition coefficient (Wildman–Crippen LogP) is 4.96. The topological polar surface area (TPSA) is 131 Å². The molecule has 4 rings (SSSR count). The first kappa shape index (κ1) is 30.4. The number of anilines is 3. The summed E-state index contributed by atoms with van der Waals surface area (Å²) in [5.41, 5.74) is 2.67. The Balaban J connectivity index is 1.53. The summed E-state index contributed by atoms with van der Waals surface area (Å²) in [4.78, 5) is 13.0. The Morgan fingerprint density at radius 2 is 1.33 bits per heavy atom. The molecule has 0 aromatic heterocycles. The average Bonchev–Trinajstić information content (AvgIpc) is 2.96. The van der Waals surface area contributed by atoms with Crippen LogP contribution in [0, 0.1) is 13.8 Å². The molecule has 0 atom stereocenters. The molecule has 220 valence electrons. The number of carbonyl (C=O) groups excluding carboxylic acids is 1. The number of nitrogens with zero attached hydrogens (tertiary/aromatic N) is 1. The van der Waals surface area contributed by atoms with Gasteiger partial charge in [0.25, 0.3) is 20.0 Å². The van der Waals surface area contributed by atoms with Crippen molar-refractivity contribution in [2.45, 2.75) is 23.6 Å². The van der Waals surface area contributed by atoms with Gasteiger partial charge in [0.1, 0.15) is 18.0 Å². The first-order valence-electron chi connectivity index (χ1n) is 12.7. The molecule has 0 saturated heterocycles. The molecule has 10 nitrogen and oxygen atoms in total. The van der Waals surface area contributed by atoms with Gasteiger partial charge in [-0.3, -0.25) is 13.8 Å². The SMILES string of the molecule is COc1ccc(S(=O)(=O)N(CC(=O)Nc2ccc(S(=O)(=O)Nc3cc(C)ccc3OC)cc2)c2ccc(C)cc2)cc1. The molecule has 0 radical (unpaired) electrons. The number of hydrogen-bond donors (Lipinski definition) is 2. The van der Waals surface area contributed by atoms with Gasteiger partial charge in [0.05, 0.1) is 35.4 Å². The summed E-state index contributed by atoms with van der Waals surface area (Å²) >= 11 is 0. The molecule has 0 aliphatic carbocycles. The molecular formula is C30H31N3O7S2. The minimum absolute atomic E-state index is 0.0102. The van der Waals surface area contributed by atoms with E-state index in [1.807, 2.05) is 13.8 Å². The Bertz CT molecular complexity index is 1770. The van der Waals surface area contributed by atoms with Crippen molar-refractivity contribution in [3.8, 4) is 11.5 Å². The zero-order chi connectivity index (χ0) is 30.5. The molecule has 12 heteroatoms. The highest BCUT2D eigenvalue weighted by Crippen LogP contribution is 2.29. The van der Waals surface area contributed by atoms with E-state index in [9.17, 15) is 21.6 Å². The molecule has 4 aromatic rings.